The van der Waals surface area contributed by atoms with Gasteiger partial charge in [0.05, 0.1) is 6.54 Å². The Labute approximate surface area is 149 Å². The molecule has 0 amide bonds. The van der Waals surface area contributed by atoms with Gasteiger partial charge in [-0.3, -0.25) is 4.99 Å². The van der Waals surface area contributed by atoms with E-state index < -0.39 is 11.6 Å². The van der Waals surface area contributed by atoms with Crippen molar-refractivity contribution < 1.29 is 13.3 Å². The molecule has 5 nitrogen and oxygen atoms in total. The first kappa shape index (κ1) is 17.6. The summed E-state index contributed by atoms with van der Waals surface area (Å²) in [5.74, 6) is 0.158. The van der Waals surface area contributed by atoms with E-state index >= 15 is 0 Å². The zero-order valence-corrected chi connectivity index (χ0v) is 14.2. The Balaban J connectivity index is 1.56. The van der Waals surface area contributed by atoms with Crippen LogP contribution in [0.1, 0.15) is 11.3 Å². The minimum atomic E-state index is -0.484. The van der Waals surface area contributed by atoms with Gasteiger partial charge in [0, 0.05) is 30.8 Å². The Morgan fingerprint density at radius 1 is 1.04 bits per heavy atom. The van der Waals surface area contributed by atoms with Crippen molar-refractivity contribution in [2.75, 3.05) is 7.05 Å². The number of benzene rings is 2. The highest BCUT2D eigenvalue weighted by Gasteiger charge is 2.08. The molecule has 0 aliphatic heterocycles. The summed E-state index contributed by atoms with van der Waals surface area (Å²) >= 11 is 0. The number of nitrogens with zero attached hydrogens (tertiary/aromatic N) is 2. The van der Waals surface area contributed by atoms with Gasteiger partial charge in [0.15, 0.2) is 11.7 Å². The standard InChI is InChI=1S/C19H18F2N4O/c1-22-19(23-11-14-9-15(20)7-8-17(14)21)24-12-16-10-18(26-25-16)13-5-3-2-4-6-13/h2-10H,11-12H2,1H3,(H2,22,23,24). The number of aliphatic imine (C=N–C) groups is 1. The van der Waals surface area contributed by atoms with Gasteiger partial charge < -0.3 is 15.2 Å². The van der Waals surface area contributed by atoms with Crippen LogP contribution in [0.25, 0.3) is 11.3 Å². The largest absolute Gasteiger partial charge is 0.356 e. The second-order valence-electron chi connectivity index (χ2n) is 5.56. The molecular weight excluding hydrogens is 338 g/mol. The van der Waals surface area contributed by atoms with Crippen LogP contribution in [0.5, 0.6) is 0 Å². The monoisotopic (exact) mass is 356 g/mol. The molecule has 3 aromatic rings. The van der Waals surface area contributed by atoms with Gasteiger partial charge in [0.1, 0.15) is 17.3 Å². The lowest BCUT2D eigenvalue weighted by atomic mass is 10.2. The van der Waals surface area contributed by atoms with E-state index in [-0.39, 0.29) is 12.1 Å². The van der Waals surface area contributed by atoms with Crippen LogP contribution in [0.3, 0.4) is 0 Å². The van der Waals surface area contributed by atoms with Crippen molar-refractivity contribution >= 4 is 5.96 Å². The van der Waals surface area contributed by atoms with Gasteiger partial charge in [0.2, 0.25) is 0 Å². The lowest BCUT2D eigenvalue weighted by Gasteiger charge is -2.11. The van der Waals surface area contributed by atoms with E-state index in [9.17, 15) is 8.78 Å². The summed E-state index contributed by atoms with van der Waals surface area (Å²) in [5, 5.41) is 10.0. The van der Waals surface area contributed by atoms with E-state index in [1.165, 1.54) is 0 Å². The first-order chi connectivity index (χ1) is 12.7. The highest BCUT2D eigenvalue weighted by atomic mass is 19.1. The molecule has 3 rings (SSSR count). The minimum Gasteiger partial charge on any atom is -0.356 e. The van der Waals surface area contributed by atoms with Crippen LogP contribution in [0.15, 0.2) is 64.1 Å². The molecule has 2 aromatic carbocycles. The molecule has 0 aliphatic rings. The number of halogens is 2. The molecule has 1 heterocycles. The molecule has 0 unspecified atom stereocenters. The highest BCUT2D eigenvalue weighted by Crippen LogP contribution is 2.19. The molecule has 134 valence electrons. The smallest absolute Gasteiger partial charge is 0.191 e. The lowest BCUT2D eigenvalue weighted by molar-refractivity contribution is 0.422. The van der Waals surface area contributed by atoms with Crippen molar-refractivity contribution in [3.8, 4) is 11.3 Å². The maximum atomic E-state index is 13.6. The van der Waals surface area contributed by atoms with Crippen molar-refractivity contribution in [3.63, 3.8) is 0 Å². The summed E-state index contributed by atoms with van der Waals surface area (Å²) in [6.45, 7) is 0.485. The summed E-state index contributed by atoms with van der Waals surface area (Å²) in [6.07, 6.45) is 0. The fourth-order valence-electron chi connectivity index (χ4n) is 2.39. The summed E-state index contributed by atoms with van der Waals surface area (Å²) in [7, 11) is 1.59. The lowest BCUT2D eigenvalue weighted by Crippen LogP contribution is -2.36. The predicted octanol–water partition coefficient (Wildman–Crippen LogP) is 3.49. The van der Waals surface area contributed by atoms with Crippen LogP contribution in [-0.2, 0) is 13.1 Å². The molecule has 7 heteroatoms. The Hall–Kier alpha value is -3.22. The van der Waals surface area contributed by atoms with E-state index in [4.69, 9.17) is 4.52 Å². The number of hydrogen-bond acceptors (Lipinski definition) is 3. The second kappa shape index (κ2) is 8.24. The van der Waals surface area contributed by atoms with E-state index in [1.54, 1.807) is 7.05 Å². The zero-order valence-electron chi connectivity index (χ0n) is 14.2. The predicted molar refractivity (Wildman–Crippen MR) is 95.3 cm³/mol. The van der Waals surface area contributed by atoms with E-state index in [0.717, 1.165) is 23.8 Å². The Kier molecular flexibility index (Phi) is 5.58. The molecule has 0 saturated heterocycles. The zero-order chi connectivity index (χ0) is 18.4. The van der Waals surface area contributed by atoms with Crippen LogP contribution in [0, 0.1) is 11.6 Å². The van der Waals surface area contributed by atoms with Gasteiger partial charge in [-0.05, 0) is 18.2 Å². The first-order valence-corrected chi connectivity index (χ1v) is 8.05. The molecule has 0 bridgehead atoms. The molecular formula is C19H18F2N4O. The fourth-order valence-corrected chi connectivity index (χ4v) is 2.39. The van der Waals surface area contributed by atoms with Gasteiger partial charge in [-0.15, -0.1) is 0 Å². The van der Waals surface area contributed by atoms with Crippen LogP contribution < -0.4 is 10.6 Å². The molecule has 1 aromatic heterocycles. The number of aromatic nitrogens is 1. The quantitative estimate of drug-likeness (QED) is 0.543. The maximum Gasteiger partial charge on any atom is 0.191 e. The third-order valence-electron chi connectivity index (χ3n) is 3.73. The van der Waals surface area contributed by atoms with Gasteiger partial charge in [0.25, 0.3) is 0 Å². The van der Waals surface area contributed by atoms with Crippen LogP contribution in [-0.4, -0.2) is 18.2 Å². The number of hydrogen-bond donors (Lipinski definition) is 2. The topological polar surface area (TPSA) is 62.5 Å². The molecule has 0 aliphatic carbocycles. The SMILES string of the molecule is CN=C(NCc1cc(-c2ccccc2)on1)NCc1cc(F)ccc1F. The van der Waals surface area contributed by atoms with Crippen molar-refractivity contribution in [3.05, 3.63) is 77.5 Å². The fraction of sp³-hybridized carbons (Fsp3) is 0.158. The molecule has 2 N–H and O–H groups in total. The Bertz CT molecular complexity index is 894. The van der Waals surface area contributed by atoms with Gasteiger partial charge in [-0.1, -0.05) is 35.5 Å². The summed E-state index contributed by atoms with van der Waals surface area (Å²) in [5.41, 5.74) is 1.86. The number of nitrogens with one attached hydrogen (secondary N) is 2. The van der Waals surface area contributed by atoms with Crippen molar-refractivity contribution in [1.29, 1.82) is 0 Å². The molecule has 0 spiro atoms. The van der Waals surface area contributed by atoms with Crippen LogP contribution in [0.2, 0.25) is 0 Å². The molecule has 0 radical (unpaired) electrons. The average molecular weight is 356 g/mol. The maximum absolute atomic E-state index is 13.6. The Morgan fingerprint density at radius 3 is 2.58 bits per heavy atom. The van der Waals surface area contributed by atoms with Crippen molar-refractivity contribution in [1.82, 2.24) is 15.8 Å². The highest BCUT2D eigenvalue weighted by molar-refractivity contribution is 5.79. The van der Waals surface area contributed by atoms with Gasteiger partial charge >= 0.3 is 0 Å². The molecule has 0 atom stereocenters. The molecule has 0 fully saturated rings. The first-order valence-electron chi connectivity index (χ1n) is 8.05. The van der Waals surface area contributed by atoms with E-state index in [1.807, 2.05) is 36.4 Å². The minimum absolute atomic E-state index is 0.108. The second-order valence-corrected chi connectivity index (χ2v) is 5.56. The van der Waals surface area contributed by atoms with Gasteiger partial charge in [-0.2, -0.15) is 0 Å². The van der Waals surface area contributed by atoms with Crippen LogP contribution in [0.4, 0.5) is 8.78 Å². The number of rotatable bonds is 5. The van der Waals surface area contributed by atoms with Crippen molar-refractivity contribution in [2.24, 2.45) is 4.99 Å². The van der Waals surface area contributed by atoms with Gasteiger partial charge in [-0.25, -0.2) is 8.78 Å². The summed E-state index contributed by atoms with van der Waals surface area (Å²) in [4.78, 5) is 4.06. The Morgan fingerprint density at radius 2 is 1.81 bits per heavy atom. The summed E-state index contributed by atoms with van der Waals surface area (Å²) in [6, 6.07) is 14.8. The van der Waals surface area contributed by atoms with Crippen molar-refractivity contribution in [2.45, 2.75) is 13.1 Å². The molecule has 26 heavy (non-hydrogen) atoms. The molecule has 0 saturated carbocycles. The summed E-state index contributed by atoms with van der Waals surface area (Å²) < 4.78 is 32.2. The average Bonchev–Trinajstić information content (AvgIpc) is 3.14. The normalized spacial score (nSPS) is 11.4. The number of guanidine groups is 1. The third-order valence-corrected chi connectivity index (χ3v) is 3.73. The third kappa shape index (κ3) is 4.44. The van der Waals surface area contributed by atoms with E-state index in [0.29, 0.717) is 24.0 Å². The van der Waals surface area contributed by atoms with E-state index in [2.05, 4.69) is 20.8 Å². The van der Waals surface area contributed by atoms with Crippen LogP contribution >= 0.6 is 0 Å².